The smallest absolute Gasteiger partial charge is 0.277 e. The van der Waals surface area contributed by atoms with Gasteiger partial charge in [0.2, 0.25) is 0 Å². The first-order chi connectivity index (χ1) is 11.3. The highest BCUT2D eigenvalue weighted by Crippen LogP contribution is 2.23. The first-order valence-electron chi connectivity index (χ1n) is 6.66. The van der Waals surface area contributed by atoms with E-state index < -0.39 is 27.1 Å². The zero-order valence-corrected chi connectivity index (χ0v) is 12.8. The van der Waals surface area contributed by atoms with Crippen LogP contribution in [-0.2, 0) is 0 Å². The Bertz CT molecular complexity index is 771. The Kier molecular flexibility index (Phi) is 4.68. The minimum atomic E-state index is -0.794. The van der Waals surface area contributed by atoms with E-state index in [0.29, 0.717) is 11.5 Å². The van der Waals surface area contributed by atoms with Crippen molar-refractivity contribution in [2.45, 2.75) is 0 Å². The molecule has 0 fully saturated rings. The van der Waals surface area contributed by atoms with Crippen molar-refractivity contribution in [3.8, 4) is 0 Å². The van der Waals surface area contributed by atoms with E-state index in [2.05, 4.69) is 10.3 Å². The van der Waals surface area contributed by atoms with Gasteiger partial charge in [0.05, 0.1) is 33.4 Å². The Hall–Kier alpha value is -3.56. The van der Waals surface area contributed by atoms with Crippen LogP contribution < -0.4 is 10.2 Å². The number of nitrogens with zero attached hydrogens (tertiary/aromatic N) is 4. The number of nitrogens with one attached hydrogen (secondary N) is 1. The maximum absolute atomic E-state index is 12.2. The molecule has 0 spiro atoms. The van der Waals surface area contributed by atoms with Gasteiger partial charge in [-0.15, -0.1) is 0 Å². The second kappa shape index (κ2) is 6.69. The molecule has 0 aliphatic heterocycles. The summed E-state index contributed by atoms with van der Waals surface area (Å²) in [7, 11) is 3.62. The number of hydrogen-bond donors (Lipinski definition) is 1. The van der Waals surface area contributed by atoms with Crippen molar-refractivity contribution < 1.29 is 14.6 Å². The first-order valence-corrected chi connectivity index (χ1v) is 6.66. The molecule has 1 heterocycles. The average molecular weight is 331 g/mol. The summed E-state index contributed by atoms with van der Waals surface area (Å²) in [5.41, 5.74) is -0.891. The molecule has 0 bridgehead atoms. The predicted molar refractivity (Wildman–Crippen MR) is 86.3 cm³/mol. The van der Waals surface area contributed by atoms with Crippen LogP contribution in [-0.4, -0.2) is 34.8 Å². The standard InChI is InChI=1S/C14H13N5O5/c1-17(2)13-4-3-10(8-15-13)16-14(20)9-5-11(18(21)22)7-12(6-9)19(23)24/h3-8H,1-2H3,(H,16,20). The lowest BCUT2D eigenvalue weighted by atomic mass is 10.1. The van der Waals surface area contributed by atoms with Gasteiger partial charge in [-0.25, -0.2) is 4.98 Å². The Morgan fingerprint density at radius 3 is 2.08 bits per heavy atom. The number of hydrogen-bond acceptors (Lipinski definition) is 7. The Labute approximate surface area is 136 Å². The van der Waals surface area contributed by atoms with Crippen LogP contribution in [0.4, 0.5) is 22.9 Å². The van der Waals surface area contributed by atoms with Crippen LogP contribution in [0.2, 0.25) is 0 Å². The van der Waals surface area contributed by atoms with E-state index in [0.717, 1.165) is 18.2 Å². The first kappa shape index (κ1) is 16.8. The number of non-ortho nitro benzene ring substituents is 2. The molecule has 10 heteroatoms. The molecule has 0 unspecified atom stereocenters. The fourth-order valence-electron chi connectivity index (χ4n) is 1.86. The van der Waals surface area contributed by atoms with Gasteiger partial charge in [0, 0.05) is 26.2 Å². The van der Waals surface area contributed by atoms with Gasteiger partial charge in [0.1, 0.15) is 5.82 Å². The lowest BCUT2D eigenvalue weighted by Gasteiger charge is -2.11. The molecule has 1 aromatic heterocycles. The summed E-state index contributed by atoms with van der Waals surface area (Å²) in [6, 6.07) is 6.02. The summed E-state index contributed by atoms with van der Waals surface area (Å²) >= 11 is 0. The van der Waals surface area contributed by atoms with Crippen LogP contribution in [0, 0.1) is 20.2 Å². The third-order valence-corrected chi connectivity index (χ3v) is 3.05. The highest BCUT2D eigenvalue weighted by atomic mass is 16.6. The highest BCUT2D eigenvalue weighted by Gasteiger charge is 2.20. The number of rotatable bonds is 5. The van der Waals surface area contributed by atoms with E-state index in [-0.39, 0.29) is 5.56 Å². The lowest BCUT2D eigenvalue weighted by molar-refractivity contribution is -0.394. The maximum Gasteiger partial charge on any atom is 0.277 e. The summed E-state index contributed by atoms with van der Waals surface area (Å²) in [5.74, 6) is -0.0276. The van der Waals surface area contributed by atoms with E-state index >= 15 is 0 Å². The number of amides is 1. The molecule has 1 N–H and O–H groups in total. The molecule has 0 aliphatic rings. The Morgan fingerprint density at radius 1 is 1.08 bits per heavy atom. The molecule has 0 atom stereocenters. The van der Waals surface area contributed by atoms with Gasteiger partial charge in [0.25, 0.3) is 17.3 Å². The molecular formula is C14H13N5O5. The second-order valence-electron chi connectivity index (χ2n) is 5.01. The summed E-state index contributed by atoms with van der Waals surface area (Å²) in [6.45, 7) is 0. The Balaban J connectivity index is 2.28. The van der Waals surface area contributed by atoms with Crippen molar-refractivity contribution in [1.29, 1.82) is 0 Å². The SMILES string of the molecule is CN(C)c1ccc(NC(=O)c2cc([N+](=O)[O-])cc([N+](=O)[O-])c2)cn1. The fourth-order valence-corrected chi connectivity index (χ4v) is 1.86. The van der Waals surface area contributed by atoms with Crippen LogP contribution in [0.25, 0.3) is 0 Å². The van der Waals surface area contributed by atoms with Crippen molar-refractivity contribution in [3.05, 3.63) is 62.3 Å². The van der Waals surface area contributed by atoms with E-state index in [1.165, 1.54) is 6.20 Å². The van der Waals surface area contributed by atoms with Crippen LogP contribution in [0.1, 0.15) is 10.4 Å². The van der Waals surface area contributed by atoms with Crippen molar-refractivity contribution in [2.75, 3.05) is 24.3 Å². The normalized spacial score (nSPS) is 10.1. The lowest BCUT2D eigenvalue weighted by Crippen LogP contribution is -2.14. The van der Waals surface area contributed by atoms with Gasteiger partial charge >= 0.3 is 0 Å². The number of pyridine rings is 1. The molecular weight excluding hydrogens is 318 g/mol. The largest absolute Gasteiger partial charge is 0.363 e. The molecule has 1 amide bonds. The van der Waals surface area contributed by atoms with Gasteiger partial charge in [-0.3, -0.25) is 25.0 Å². The van der Waals surface area contributed by atoms with E-state index in [4.69, 9.17) is 0 Å². The van der Waals surface area contributed by atoms with Gasteiger partial charge in [-0.05, 0) is 12.1 Å². The molecule has 2 rings (SSSR count). The van der Waals surface area contributed by atoms with Crippen molar-refractivity contribution >= 4 is 28.8 Å². The molecule has 0 aliphatic carbocycles. The summed E-state index contributed by atoms with van der Waals surface area (Å²) in [4.78, 5) is 38.2. The van der Waals surface area contributed by atoms with Crippen LogP contribution >= 0.6 is 0 Å². The molecule has 10 nitrogen and oxygen atoms in total. The summed E-state index contributed by atoms with van der Waals surface area (Å²) in [5, 5.41) is 24.2. The molecule has 0 saturated carbocycles. The molecule has 24 heavy (non-hydrogen) atoms. The van der Waals surface area contributed by atoms with Gasteiger partial charge in [-0.1, -0.05) is 0 Å². The minimum absolute atomic E-state index is 0.187. The van der Waals surface area contributed by atoms with E-state index in [9.17, 15) is 25.0 Å². The quantitative estimate of drug-likeness (QED) is 0.656. The molecule has 0 radical (unpaired) electrons. The third kappa shape index (κ3) is 3.80. The second-order valence-corrected chi connectivity index (χ2v) is 5.01. The number of benzene rings is 1. The third-order valence-electron chi connectivity index (χ3n) is 3.05. The van der Waals surface area contributed by atoms with Crippen molar-refractivity contribution in [2.24, 2.45) is 0 Å². The minimum Gasteiger partial charge on any atom is -0.363 e. The number of anilines is 2. The fraction of sp³-hybridized carbons (Fsp3) is 0.143. The summed E-state index contributed by atoms with van der Waals surface area (Å²) < 4.78 is 0. The van der Waals surface area contributed by atoms with Crippen LogP contribution in [0.5, 0.6) is 0 Å². The van der Waals surface area contributed by atoms with Crippen molar-refractivity contribution in [3.63, 3.8) is 0 Å². The van der Waals surface area contributed by atoms with Crippen LogP contribution in [0.15, 0.2) is 36.5 Å². The topological polar surface area (TPSA) is 132 Å². The predicted octanol–water partition coefficient (Wildman–Crippen LogP) is 2.22. The highest BCUT2D eigenvalue weighted by molar-refractivity contribution is 6.05. The molecule has 2 aromatic rings. The van der Waals surface area contributed by atoms with E-state index in [1.807, 2.05) is 14.1 Å². The summed E-state index contributed by atoms with van der Waals surface area (Å²) in [6.07, 6.45) is 1.42. The molecule has 124 valence electrons. The van der Waals surface area contributed by atoms with E-state index in [1.54, 1.807) is 17.0 Å². The number of carbonyl (C=O) groups is 1. The van der Waals surface area contributed by atoms with Crippen LogP contribution in [0.3, 0.4) is 0 Å². The average Bonchev–Trinajstić information content (AvgIpc) is 2.54. The Morgan fingerprint density at radius 2 is 1.67 bits per heavy atom. The van der Waals surface area contributed by atoms with Gasteiger partial charge in [-0.2, -0.15) is 0 Å². The van der Waals surface area contributed by atoms with Gasteiger partial charge < -0.3 is 10.2 Å². The van der Waals surface area contributed by atoms with Crippen molar-refractivity contribution in [1.82, 2.24) is 4.98 Å². The van der Waals surface area contributed by atoms with Gasteiger partial charge in [0.15, 0.2) is 0 Å². The monoisotopic (exact) mass is 331 g/mol. The number of aromatic nitrogens is 1. The zero-order chi connectivity index (χ0) is 17.9. The maximum atomic E-state index is 12.2. The molecule has 0 saturated heterocycles. The molecule has 1 aromatic carbocycles. The number of nitro benzene ring substituents is 2. The zero-order valence-electron chi connectivity index (χ0n) is 12.8. The number of carbonyl (C=O) groups excluding carboxylic acids is 1. The number of nitro groups is 2.